The van der Waals surface area contributed by atoms with Crippen molar-refractivity contribution in [3.8, 4) is 0 Å². The number of rotatable bonds is 2. The summed E-state index contributed by atoms with van der Waals surface area (Å²) in [5.41, 5.74) is 2.28. The molecule has 0 atom stereocenters. The van der Waals surface area contributed by atoms with Gasteiger partial charge in [-0.3, -0.25) is 4.98 Å². The standard InChI is InChI=1S/C7H7NO4.C7H9N/c9-6(10)4-1-5(7(11)12)3-8-2-4;1-6-4-3-5-7(2)8-6/h2-3,8H,1H2,(H,9,10)(H,11,12);3-5H,1-2H3. The first kappa shape index (κ1) is 15.4. The molecule has 0 saturated heterocycles. The quantitative estimate of drug-likeness (QED) is 0.759. The molecule has 3 N–H and O–H groups in total. The molecule has 0 fully saturated rings. The van der Waals surface area contributed by atoms with Gasteiger partial charge in [0.15, 0.2) is 0 Å². The van der Waals surface area contributed by atoms with Crippen molar-refractivity contribution >= 4 is 11.9 Å². The van der Waals surface area contributed by atoms with Gasteiger partial charge in [-0.25, -0.2) is 9.59 Å². The van der Waals surface area contributed by atoms with Crippen LogP contribution in [-0.4, -0.2) is 27.1 Å². The molecular formula is C14H16N2O4. The van der Waals surface area contributed by atoms with Crippen molar-refractivity contribution in [3.63, 3.8) is 0 Å². The van der Waals surface area contributed by atoms with Crippen LogP contribution in [0, 0.1) is 13.8 Å². The first-order valence-corrected chi connectivity index (χ1v) is 5.91. The third-order valence-corrected chi connectivity index (χ3v) is 2.47. The molecule has 6 heteroatoms. The minimum absolute atomic E-state index is 0.0440. The van der Waals surface area contributed by atoms with Crippen LogP contribution in [-0.2, 0) is 9.59 Å². The molecule has 6 nitrogen and oxygen atoms in total. The second-order valence-corrected chi connectivity index (χ2v) is 4.21. The number of carboxylic acids is 2. The predicted molar refractivity (Wildman–Crippen MR) is 72.9 cm³/mol. The lowest BCUT2D eigenvalue weighted by atomic mass is 10.1. The lowest BCUT2D eigenvalue weighted by molar-refractivity contribution is -0.133. The summed E-state index contributed by atoms with van der Waals surface area (Å²) in [4.78, 5) is 25.0. The molecule has 2 heterocycles. The Balaban J connectivity index is 0.000000217. The second-order valence-electron chi connectivity index (χ2n) is 4.21. The maximum absolute atomic E-state index is 10.4. The van der Waals surface area contributed by atoms with Gasteiger partial charge in [-0.2, -0.15) is 0 Å². The maximum atomic E-state index is 10.4. The molecule has 1 aliphatic rings. The molecule has 20 heavy (non-hydrogen) atoms. The van der Waals surface area contributed by atoms with Crippen LogP contribution in [0.4, 0.5) is 0 Å². The van der Waals surface area contributed by atoms with E-state index in [1.807, 2.05) is 32.0 Å². The lowest BCUT2D eigenvalue weighted by Crippen LogP contribution is -2.16. The molecular weight excluding hydrogens is 260 g/mol. The van der Waals surface area contributed by atoms with E-state index in [9.17, 15) is 9.59 Å². The van der Waals surface area contributed by atoms with Gasteiger partial charge < -0.3 is 15.5 Å². The van der Waals surface area contributed by atoms with Crippen LogP contribution in [0.3, 0.4) is 0 Å². The molecule has 0 amide bonds. The van der Waals surface area contributed by atoms with E-state index in [1.165, 1.54) is 12.4 Å². The van der Waals surface area contributed by atoms with E-state index >= 15 is 0 Å². The van der Waals surface area contributed by atoms with E-state index in [0.29, 0.717) is 0 Å². The SMILES string of the molecule is Cc1cccc(C)n1.O=C(O)C1=CNC=C(C(=O)O)C1. The van der Waals surface area contributed by atoms with Gasteiger partial charge in [-0.15, -0.1) is 0 Å². The van der Waals surface area contributed by atoms with Gasteiger partial charge >= 0.3 is 11.9 Å². The van der Waals surface area contributed by atoms with Crippen molar-refractivity contribution < 1.29 is 19.8 Å². The van der Waals surface area contributed by atoms with Crippen molar-refractivity contribution in [3.05, 3.63) is 53.1 Å². The Hall–Kier alpha value is -2.63. The van der Waals surface area contributed by atoms with Crippen molar-refractivity contribution in [2.45, 2.75) is 20.3 Å². The molecule has 0 aromatic carbocycles. The zero-order chi connectivity index (χ0) is 15.1. The minimum Gasteiger partial charge on any atom is -0.478 e. The summed E-state index contributed by atoms with van der Waals surface area (Å²) in [6, 6.07) is 6.00. The number of nitrogens with zero attached hydrogens (tertiary/aromatic N) is 1. The average Bonchev–Trinajstić information content (AvgIpc) is 2.39. The number of dihydropyridines is 1. The number of carboxylic acid groups (broad SMARTS) is 2. The summed E-state index contributed by atoms with van der Waals surface area (Å²) in [6.45, 7) is 3.99. The second kappa shape index (κ2) is 7.08. The van der Waals surface area contributed by atoms with Crippen LogP contribution in [0.5, 0.6) is 0 Å². The Morgan fingerprint density at radius 2 is 1.50 bits per heavy atom. The van der Waals surface area contributed by atoms with Crippen molar-refractivity contribution in [2.75, 3.05) is 0 Å². The predicted octanol–water partition coefficient (Wildman–Crippen LogP) is 1.62. The smallest absolute Gasteiger partial charge is 0.333 e. The molecule has 0 aliphatic carbocycles. The van der Waals surface area contributed by atoms with Crippen LogP contribution in [0.1, 0.15) is 17.8 Å². The highest BCUT2D eigenvalue weighted by Gasteiger charge is 2.17. The number of nitrogens with one attached hydrogen (secondary N) is 1. The average molecular weight is 276 g/mol. The highest BCUT2D eigenvalue weighted by atomic mass is 16.4. The molecule has 1 aliphatic heterocycles. The third kappa shape index (κ3) is 4.93. The normalized spacial score (nSPS) is 13.1. The van der Waals surface area contributed by atoms with Crippen molar-refractivity contribution in [1.82, 2.24) is 10.3 Å². The van der Waals surface area contributed by atoms with E-state index in [2.05, 4.69) is 10.3 Å². The van der Waals surface area contributed by atoms with E-state index in [4.69, 9.17) is 10.2 Å². The number of aliphatic carboxylic acids is 2. The Morgan fingerprint density at radius 3 is 1.80 bits per heavy atom. The molecule has 1 aromatic rings. The van der Waals surface area contributed by atoms with Crippen LogP contribution < -0.4 is 5.32 Å². The van der Waals surface area contributed by atoms with E-state index < -0.39 is 11.9 Å². The largest absolute Gasteiger partial charge is 0.478 e. The summed E-state index contributed by atoms with van der Waals surface area (Å²) in [6.07, 6.45) is 2.50. The number of hydrogen-bond acceptors (Lipinski definition) is 4. The van der Waals surface area contributed by atoms with Crippen molar-refractivity contribution in [1.29, 1.82) is 0 Å². The summed E-state index contributed by atoms with van der Waals surface area (Å²) >= 11 is 0. The summed E-state index contributed by atoms with van der Waals surface area (Å²) in [5, 5.41) is 19.5. The highest BCUT2D eigenvalue weighted by molar-refractivity contribution is 5.93. The van der Waals surface area contributed by atoms with Crippen molar-refractivity contribution in [2.24, 2.45) is 0 Å². The van der Waals surface area contributed by atoms with Gasteiger partial charge in [0.25, 0.3) is 0 Å². The Morgan fingerprint density at radius 1 is 1.05 bits per heavy atom. The van der Waals surface area contributed by atoms with Crippen LogP contribution in [0.15, 0.2) is 41.7 Å². The van der Waals surface area contributed by atoms with Gasteiger partial charge in [0.05, 0.1) is 11.1 Å². The zero-order valence-corrected chi connectivity index (χ0v) is 11.3. The van der Waals surface area contributed by atoms with Gasteiger partial charge in [0.2, 0.25) is 0 Å². The van der Waals surface area contributed by atoms with Gasteiger partial charge in [-0.1, -0.05) is 6.07 Å². The van der Waals surface area contributed by atoms with Crippen LogP contribution in [0.2, 0.25) is 0 Å². The molecule has 0 saturated carbocycles. The summed E-state index contributed by atoms with van der Waals surface area (Å²) in [5.74, 6) is -2.20. The monoisotopic (exact) mass is 276 g/mol. The summed E-state index contributed by atoms with van der Waals surface area (Å²) in [7, 11) is 0. The lowest BCUT2D eigenvalue weighted by Gasteiger charge is -2.08. The number of hydrogen-bond donors (Lipinski definition) is 3. The molecule has 106 valence electrons. The third-order valence-electron chi connectivity index (χ3n) is 2.47. The molecule has 2 rings (SSSR count). The number of aryl methyl sites for hydroxylation is 2. The molecule has 0 radical (unpaired) electrons. The fraction of sp³-hybridized carbons (Fsp3) is 0.214. The fourth-order valence-corrected chi connectivity index (χ4v) is 1.50. The van der Waals surface area contributed by atoms with Gasteiger partial charge in [0.1, 0.15) is 0 Å². The Kier molecular flexibility index (Phi) is 5.46. The molecule has 0 unspecified atom stereocenters. The number of carbonyl (C=O) groups is 2. The van der Waals surface area contributed by atoms with Gasteiger partial charge in [-0.05, 0) is 26.0 Å². The maximum Gasteiger partial charge on any atom is 0.333 e. The fourth-order valence-electron chi connectivity index (χ4n) is 1.50. The Bertz CT molecular complexity index is 531. The van der Waals surface area contributed by atoms with E-state index in [1.54, 1.807) is 0 Å². The van der Waals surface area contributed by atoms with E-state index in [0.717, 1.165) is 11.4 Å². The molecule has 0 spiro atoms. The highest BCUT2D eigenvalue weighted by Crippen LogP contribution is 2.13. The zero-order valence-electron chi connectivity index (χ0n) is 11.3. The minimum atomic E-state index is -1.10. The molecule has 1 aromatic heterocycles. The summed E-state index contributed by atoms with van der Waals surface area (Å²) < 4.78 is 0. The Labute approximate surface area is 116 Å². The van der Waals surface area contributed by atoms with Crippen LogP contribution >= 0.6 is 0 Å². The number of aromatic nitrogens is 1. The number of pyridine rings is 1. The van der Waals surface area contributed by atoms with Gasteiger partial charge in [0, 0.05) is 30.2 Å². The first-order chi connectivity index (χ1) is 9.40. The topological polar surface area (TPSA) is 99.5 Å². The first-order valence-electron chi connectivity index (χ1n) is 5.91. The van der Waals surface area contributed by atoms with Crippen LogP contribution in [0.25, 0.3) is 0 Å². The van der Waals surface area contributed by atoms with E-state index in [-0.39, 0.29) is 17.6 Å². The molecule has 0 bridgehead atoms.